The SMILES string of the molecule is CCOc1cc(CN2CC(C(=O)O)C2)ccc1OCC(F)(F)F. The number of ether oxygens (including phenoxy) is 2. The normalized spacial score (nSPS) is 16.0. The topological polar surface area (TPSA) is 59.0 Å². The minimum Gasteiger partial charge on any atom is -0.490 e. The Morgan fingerprint density at radius 3 is 2.57 bits per heavy atom. The zero-order valence-corrected chi connectivity index (χ0v) is 12.6. The van der Waals surface area contributed by atoms with E-state index in [1.54, 1.807) is 19.1 Å². The number of carboxylic acid groups (broad SMARTS) is 1. The highest BCUT2D eigenvalue weighted by Crippen LogP contribution is 2.31. The van der Waals surface area contributed by atoms with Gasteiger partial charge in [-0.2, -0.15) is 13.2 Å². The molecule has 1 aliphatic rings. The van der Waals surface area contributed by atoms with E-state index in [4.69, 9.17) is 14.6 Å². The molecule has 0 atom stereocenters. The maximum absolute atomic E-state index is 12.2. The third-order valence-corrected chi connectivity index (χ3v) is 3.41. The highest BCUT2D eigenvalue weighted by Gasteiger charge is 2.32. The van der Waals surface area contributed by atoms with E-state index in [1.807, 2.05) is 4.90 Å². The molecular formula is C15H18F3NO4. The van der Waals surface area contributed by atoms with Gasteiger partial charge >= 0.3 is 12.1 Å². The Morgan fingerprint density at radius 2 is 2.00 bits per heavy atom. The largest absolute Gasteiger partial charge is 0.490 e. The molecule has 1 N–H and O–H groups in total. The van der Waals surface area contributed by atoms with Gasteiger partial charge in [0, 0.05) is 19.6 Å². The molecule has 0 saturated carbocycles. The number of rotatable bonds is 7. The number of carbonyl (C=O) groups is 1. The Kier molecular flexibility index (Phi) is 5.35. The number of benzene rings is 1. The summed E-state index contributed by atoms with van der Waals surface area (Å²) in [6.07, 6.45) is -4.41. The van der Waals surface area contributed by atoms with Crippen molar-refractivity contribution in [1.82, 2.24) is 4.90 Å². The number of carboxylic acids is 1. The Balaban J connectivity index is 1.99. The molecule has 1 fully saturated rings. The molecule has 0 unspecified atom stereocenters. The lowest BCUT2D eigenvalue weighted by Gasteiger charge is -2.36. The molecule has 5 nitrogen and oxygen atoms in total. The van der Waals surface area contributed by atoms with Crippen LogP contribution in [-0.2, 0) is 11.3 Å². The number of alkyl halides is 3. The molecule has 0 spiro atoms. The molecule has 1 heterocycles. The number of halogens is 3. The standard InChI is InChI=1S/C15H18F3NO4/c1-2-22-13-5-10(6-19-7-11(8-19)14(20)21)3-4-12(13)23-9-15(16,17)18/h3-5,11H,2,6-9H2,1H3,(H,20,21). The Morgan fingerprint density at radius 1 is 1.30 bits per heavy atom. The van der Waals surface area contributed by atoms with Gasteiger partial charge in [-0.25, -0.2) is 0 Å². The van der Waals surface area contributed by atoms with Crippen LogP contribution in [0.15, 0.2) is 18.2 Å². The van der Waals surface area contributed by atoms with Crippen LogP contribution < -0.4 is 9.47 Å². The molecule has 128 valence electrons. The quantitative estimate of drug-likeness (QED) is 0.831. The molecule has 0 bridgehead atoms. The van der Waals surface area contributed by atoms with Crippen molar-refractivity contribution < 1.29 is 32.5 Å². The molecular weight excluding hydrogens is 315 g/mol. The molecule has 1 aromatic carbocycles. The highest BCUT2D eigenvalue weighted by molar-refractivity contribution is 5.71. The lowest BCUT2D eigenvalue weighted by atomic mass is 9.99. The van der Waals surface area contributed by atoms with Gasteiger partial charge in [0.15, 0.2) is 18.1 Å². The van der Waals surface area contributed by atoms with Gasteiger partial charge in [0.05, 0.1) is 12.5 Å². The van der Waals surface area contributed by atoms with E-state index < -0.39 is 18.8 Å². The lowest BCUT2D eigenvalue weighted by Crippen LogP contribution is -2.49. The van der Waals surface area contributed by atoms with Crippen LogP contribution in [0.2, 0.25) is 0 Å². The third kappa shape index (κ3) is 5.02. The van der Waals surface area contributed by atoms with Crippen LogP contribution in [0.25, 0.3) is 0 Å². The second-order valence-corrected chi connectivity index (χ2v) is 5.35. The molecule has 8 heteroatoms. The van der Waals surface area contributed by atoms with Crippen LogP contribution in [-0.4, -0.2) is 48.5 Å². The Bertz CT molecular complexity index is 556. The molecule has 0 aliphatic carbocycles. The van der Waals surface area contributed by atoms with Gasteiger partial charge in [-0.1, -0.05) is 6.07 Å². The van der Waals surface area contributed by atoms with Gasteiger partial charge in [-0.15, -0.1) is 0 Å². The molecule has 0 radical (unpaired) electrons. The monoisotopic (exact) mass is 333 g/mol. The molecule has 23 heavy (non-hydrogen) atoms. The molecule has 1 aromatic rings. The zero-order chi connectivity index (χ0) is 17.0. The first kappa shape index (κ1) is 17.4. The summed E-state index contributed by atoms with van der Waals surface area (Å²) in [5, 5.41) is 8.84. The maximum Gasteiger partial charge on any atom is 0.422 e. The number of hydrogen-bond donors (Lipinski definition) is 1. The summed E-state index contributed by atoms with van der Waals surface area (Å²) in [5.74, 6) is -0.868. The summed E-state index contributed by atoms with van der Waals surface area (Å²) in [6.45, 7) is 2.10. The fourth-order valence-corrected chi connectivity index (χ4v) is 2.31. The van der Waals surface area contributed by atoms with Gasteiger partial charge in [-0.05, 0) is 24.6 Å². The smallest absolute Gasteiger partial charge is 0.422 e. The first-order chi connectivity index (χ1) is 10.8. The summed E-state index contributed by atoms with van der Waals surface area (Å²) < 4.78 is 46.8. The van der Waals surface area contributed by atoms with E-state index in [0.717, 1.165) is 5.56 Å². The maximum atomic E-state index is 12.2. The summed E-state index contributed by atoms with van der Waals surface area (Å²) in [7, 11) is 0. The van der Waals surface area contributed by atoms with Crippen LogP contribution in [0.4, 0.5) is 13.2 Å². The van der Waals surface area contributed by atoms with E-state index in [1.165, 1.54) is 6.07 Å². The predicted octanol–water partition coefficient (Wildman–Crippen LogP) is 2.54. The summed E-state index contributed by atoms with van der Waals surface area (Å²) >= 11 is 0. The molecule has 0 amide bonds. The average molecular weight is 333 g/mol. The summed E-state index contributed by atoms with van der Waals surface area (Å²) in [4.78, 5) is 12.7. The second kappa shape index (κ2) is 7.08. The molecule has 0 aromatic heterocycles. The van der Waals surface area contributed by atoms with Crippen molar-refractivity contribution in [3.05, 3.63) is 23.8 Å². The van der Waals surface area contributed by atoms with Crippen molar-refractivity contribution in [1.29, 1.82) is 0 Å². The van der Waals surface area contributed by atoms with E-state index in [9.17, 15) is 18.0 Å². The van der Waals surface area contributed by atoms with Gasteiger partial charge in [0.1, 0.15) is 0 Å². The van der Waals surface area contributed by atoms with Crippen molar-refractivity contribution >= 4 is 5.97 Å². The number of hydrogen-bond acceptors (Lipinski definition) is 4. The zero-order valence-electron chi connectivity index (χ0n) is 12.6. The van der Waals surface area contributed by atoms with Crippen molar-refractivity contribution in [3.8, 4) is 11.5 Å². The van der Waals surface area contributed by atoms with Gasteiger partial charge < -0.3 is 14.6 Å². The van der Waals surface area contributed by atoms with Crippen LogP contribution >= 0.6 is 0 Å². The lowest BCUT2D eigenvalue weighted by molar-refractivity contribution is -0.153. The molecule has 2 rings (SSSR count). The minimum absolute atomic E-state index is 0.0416. The predicted molar refractivity (Wildman–Crippen MR) is 75.6 cm³/mol. The number of nitrogens with zero attached hydrogens (tertiary/aromatic N) is 1. The fourth-order valence-electron chi connectivity index (χ4n) is 2.31. The number of likely N-dealkylation sites (tertiary alicyclic amines) is 1. The molecule has 1 saturated heterocycles. The molecule has 1 aliphatic heterocycles. The van der Waals surface area contributed by atoms with Crippen LogP contribution in [0, 0.1) is 5.92 Å². The second-order valence-electron chi connectivity index (χ2n) is 5.35. The Hall–Kier alpha value is -1.96. The number of aliphatic carboxylic acids is 1. The fraction of sp³-hybridized carbons (Fsp3) is 0.533. The van der Waals surface area contributed by atoms with Gasteiger partial charge in [0.2, 0.25) is 0 Å². The van der Waals surface area contributed by atoms with Gasteiger partial charge in [-0.3, -0.25) is 9.69 Å². The van der Waals surface area contributed by atoms with Crippen molar-refractivity contribution in [2.24, 2.45) is 5.92 Å². The average Bonchev–Trinajstić information content (AvgIpc) is 2.40. The first-order valence-corrected chi connectivity index (χ1v) is 7.19. The van der Waals surface area contributed by atoms with Crippen LogP contribution in [0.3, 0.4) is 0 Å². The third-order valence-electron chi connectivity index (χ3n) is 3.41. The highest BCUT2D eigenvalue weighted by atomic mass is 19.4. The van der Waals surface area contributed by atoms with Gasteiger partial charge in [0.25, 0.3) is 0 Å². The first-order valence-electron chi connectivity index (χ1n) is 7.19. The van der Waals surface area contributed by atoms with Crippen molar-refractivity contribution in [3.63, 3.8) is 0 Å². The summed E-state index contributed by atoms with van der Waals surface area (Å²) in [6, 6.07) is 4.73. The van der Waals surface area contributed by atoms with E-state index in [2.05, 4.69) is 0 Å². The van der Waals surface area contributed by atoms with Crippen molar-refractivity contribution in [2.75, 3.05) is 26.3 Å². The summed E-state index contributed by atoms with van der Waals surface area (Å²) in [5.41, 5.74) is 0.830. The minimum atomic E-state index is -4.41. The van der Waals surface area contributed by atoms with Crippen LogP contribution in [0.5, 0.6) is 11.5 Å². The van der Waals surface area contributed by atoms with Crippen LogP contribution in [0.1, 0.15) is 12.5 Å². The van der Waals surface area contributed by atoms with Crippen molar-refractivity contribution in [2.45, 2.75) is 19.6 Å². The van der Waals surface area contributed by atoms with E-state index >= 15 is 0 Å². The van der Waals surface area contributed by atoms with E-state index in [0.29, 0.717) is 26.2 Å². The Labute approximate surface area is 131 Å². The van der Waals surface area contributed by atoms with E-state index in [-0.39, 0.29) is 17.4 Å².